The maximum absolute atomic E-state index is 8.76. The zero-order valence-electron chi connectivity index (χ0n) is 7.40. The SMILES string of the molecule is COC1C/C(=N\O)c2ccccc21. The summed E-state index contributed by atoms with van der Waals surface area (Å²) in [6, 6.07) is 7.85. The van der Waals surface area contributed by atoms with Gasteiger partial charge in [-0.25, -0.2) is 0 Å². The molecule has 0 saturated carbocycles. The van der Waals surface area contributed by atoms with Crippen LogP contribution in [0.15, 0.2) is 29.4 Å². The highest BCUT2D eigenvalue weighted by Crippen LogP contribution is 2.33. The van der Waals surface area contributed by atoms with E-state index in [1.807, 2.05) is 24.3 Å². The van der Waals surface area contributed by atoms with E-state index in [1.165, 1.54) is 0 Å². The van der Waals surface area contributed by atoms with Crippen LogP contribution in [0.3, 0.4) is 0 Å². The smallest absolute Gasteiger partial charge is 0.0900 e. The van der Waals surface area contributed by atoms with E-state index < -0.39 is 0 Å². The molecule has 1 unspecified atom stereocenters. The molecule has 0 aromatic heterocycles. The number of benzene rings is 1. The van der Waals surface area contributed by atoms with E-state index in [1.54, 1.807) is 7.11 Å². The Morgan fingerprint density at radius 1 is 1.46 bits per heavy atom. The Labute approximate surface area is 76.6 Å². The number of hydrogen-bond acceptors (Lipinski definition) is 3. The third-order valence-corrected chi connectivity index (χ3v) is 2.40. The maximum atomic E-state index is 8.76. The monoisotopic (exact) mass is 177 g/mol. The topological polar surface area (TPSA) is 41.8 Å². The minimum Gasteiger partial charge on any atom is -0.411 e. The zero-order chi connectivity index (χ0) is 9.26. The number of ether oxygens (including phenoxy) is 1. The molecule has 1 atom stereocenters. The Balaban J connectivity index is 2.50. The van der Waals surface area contributed by atoms with Gasteiger partial charge in [0.15, 0.2) is 0 Å². The summed E-state index contributed by atoms with van der Waals surface area (Å²) in [4.78, 5) is 0. The first-order valence-corrected chi connectivity index (χ1v) is 4.20. The molecule has 68 valence electrons. The summed E-state index contributed by atoms with van der Waals surface area (Å²) in [5, 5.41) is 12.0. The van der Waals surface area contributed by atoms with Gasteiger partial charge in [-0.2, -0.15) is 0 Å². The van der Waals surface area contributed by atoms with Crippen molar-refractivity contribution in [3.8, 4) is 0 Å². The fourth-order valence-electron chi connectivity index (χ4n) is 1.74. The molecule has 3 heteroatoms. The van der Waals surface area contributed by atoms with E-state index in [0.29, 0.717) is 12.1 Å². The van der Waals surface area contributed by atoms with Gasteiger partial charge in [-0.1, -0.05) is 29.4 Å². The minimum atomic E-state index is 0.0436. The molecule has 13 heavy (non-hydrogen) atoms. The molecule has 0 bridgehead atoms. The molecule has 0 spiro atoms. The lowest BCUT2D eigenvalue weighted by Crippen LogP contribution is -1.96. The van der Waals surface area contributed by atoms with Gasteiger partial charge in [0.2, 0.25) is 0 Å². The van der Waals surface area contributed by atoms with E-state index in [9.17, 15) is 0 Å². The van der Waals surface area contributed by atoms with Crippen LogP contribution < -0.4 is 0 Å². The third-order valence-electron chi connectivity index (χ3n) is 2.40. The largest absolute Gasteiger partial charge is 0.411 e. The summed E-state index contributed by atoms with van der Waals surface area (Å²) in [7, 11) is 1.67. The van der Waals surface area contributed by atoms with Crippen molar-refractivity contribution in [3.63, 3.8) is 0 Å². The van der Waals surface area contributed by atoms with Gasteiger partial charge in [0.05, 0.1) is 11.8 Å². The van der Waals surface area contributed by atoms with Crippen molar-refractivity contribution in [2.45, 2.75) is 12.5 Å². The van der Waals surface area contributed by atoms with Gasteiger partial charge >= 0.3 is 0 Å². The van der Waals surface area contributed by atoms with E-state index in [-0.39, 0.29) is 6.10 Å². The molecule has 2 rings (SSSR count). The first-order valence-electron chi connectivity index (χ1n) is 4.20. The molecule has 1 aliphatic carbocycles. The number of methoxy groups -OCH3 is 1. The number of nitrogens with zero attached hydrogens (tertiary/aromatic N) is 1. The predicted molar refractivity (Wildman–Crippen MR) is 49.1 cm³/mol. The van der Waals surface area contributed by atoms with Crippen LogP contribution in [0, 0.1) is 0 Å². The lowest BCUT2D eigenvalue weighted by Gasteiger charge is -2.06. The van der Waals surface area contributed by atoms with E-state index in [4.69, 9.17) is 9.94 Å². The van der Waals surface area contributed by atoms with Crippen molar-refractivity contribution in [1.82, 2.24) is 0 Å². The summed E-state index contributed by atoms with van der Waals surface area (Å²) in [5.74, 6) is 0. The molecule has 0 heterocycles. The fraction of sp³-hybridized carbons (Fsp3) is 0.300. The van der Waals surface area contributed by atoms with Crippen molar-refractivity contribution in [3.05, 3.63) is 35.4 Å². The van der Waals surface area contributed by atoms with Crippen molar-refractivity contribution < 1.29 is 9.94 Å². The highest BCUT2D eigenvalue weighted by atomic mass is 16.5. The molecular formula is C10H11NO2. The van der Waals surface area contributed by atoms with Crippen molar-refractivity contribution in [2.75, 3.05) is 7.11 Å². The number of fused-ring (bicyclic) bond motifs is 1. The molecule has 1 aromatic rings. The average Bonchev–Trinajstić information content (AvgIpc) is 2.56. The first kappa shape index (κ1) is 8.26. The quantitative estimate of drug-likeness (QED) is 0.526. The van der Waals surface area contributed by atoms with Crippen LogP contribution in [0.5, 0.6) is 0 Å². The molecule has 1 N–H and O–H groups in total. The Bertz CT molecular complexity index is 347. The average molecular weight is 177 g/mol. The second kappa shape index (κ2) is 3.18. The van der Waals surface area contributed by atoms with Crippen LogP contribution in [-0.2, 0) is 4.74 Å². The molecule has 0 amide bonds. The minimum absolute atomic E-state index is 0.0436. The Kier molecular flexibility index (Phi) is 2.02. The number of hydrogen-bond donors (Lipinski definition) is 1. The lowest BCUT2D eigenvalue weighted by atomic mass is 10.1. The summed E-state index contributed by atoms with van der Waals surface area (Å²) < 4.78 is 5.28. The van der Waals surface area contributed by atoms with Crippen LogP contribution in [0.1, 0.15) is 23.7 Å². The van der Waals surface area contributed by atoms with Crippen LogP contribution in [0.25, 0.3) is 0 Å². The Hall–Kier alpha value is -1.35. The van der Waals surface area contributed by atoms with Gasteiger partial charge in [-0.05, 0) is 5.56 Å². The van der Waals surface area contributed by atoms with Crippen LogP contribution in [-0.4, -0.2) is 18.0 Å². The van der Waals surface area contributed by atoms with Gasteiger partial charge in [0, 0.05) is 19.1 Å². The molecule has 0 radical (unpaired) electrons. The Morgan fingerprint density at radius 2 is 2.23 bits per heavy atom. The molecular weight excluding hydrogens is 166 g/mol. The maximum Gasteiger partial charge on any atom is 0.0900 e. The van der Waals surface area contributed by atoms with Gasteiger partial charge in [-0.3, -0.25) is 0 Å². The van der Waals surface area contributed by atoms with Gasteiger partial charge in [-0.15, -0.1) is 0 Å². The predicted octanol–water partition coefficient (Wildman–Crippen LogP) is 1.96. The second-order valence-electron chi connectivity index (χ2n) is 3.06. The van der Waals surface area contributed by atoms with E-state index >= 15 is 0 Å². The molecule has 3 nitrogen and oxygen atoms in total. The van der Waals surface area contributed by atoms with E-state index in [0.717, 1.165) is 11.1 Å². The van der Waals surface area contributed by atoms with Crippen molar-refractivity contribution >= 4 is 5.71 Å². The van der Waals surface area contributed by atoms with Gasteiger partial charge in [0.1, 0.15) is 0 Å². The van der Waals surface area contributed by atoms with E-state index in [2.05, 4.69) is 5.16 Å². The van der Waals surface area contributed by atoms with Gasteiger partial charge < -0.3 is 9.94 Å². The van der Waals surface area contributed by atoms with Crippen LogP contribution in [0.2, 0.25) is 0 Å². The fourth-order valence-corrected chi connectivity index (χ4v) is 1.74. The second-order valence-corrected chi connectivity index (χ2v) is 3.06. The van der Waals surface area contributed by atoms with Crippen LogP contribution >= 0.6 is 0 Å². The summed E-state index contributed by atoms with van der Waals surface area (Å²) in [5.41, 5.74) is 2.82. The van der Waals surface area contributed by atoms with Gasteiger partial charge in [0.25, 0.3) is 0 Å². The first-order chi connectivity index (χ1) is 6.36. The third kappa shape index (κ3) is 1.21. The Morgan fingerprint density at radius 3 is 2.92 bits per heavy atom. The van der Waals surface area contributed by atoms with Crippen LogP contribution in [0.4, 0.5) is 0 Å². The number of oxime groups is 1. The summed E-state index contributed by atoms with van der Waals surface area (Å²) in [6.45, 7) is 0. The lowest BCUT2D eigenvalue weighted by molar-refractivity contribution is 0.113. The molecule has 0 aliphatic heterocycles. The summed E-state index contributed by atoms with van der Waals surface area (Å²) >= 11 is 0. The standard InChI is InChI=1S/C10H11NO2/c1-13-10-6-9(11-12)7-4-2-3-5-8(7)10/h2-5,10,12H,6H2,1H3/b11-9+. The van der Waals surface area contributed by atoms with Crippen molar-refractivity contribution in [2.24, 2.45) is 5.16 Å². The molecule has 1 aromatic carbocycles. The summed E-state index contributed by atoms with van der Waals surface area (Å²) in [6.07, 6.45) is 0.703. The normalized spacial score (nSPS) is 23.5. The zero-order valence-corrected chi connectivity index (χ0v) is 7.40. The number of rotatable bonds is 1. The molecule has 0 saturated heterocycles. The highest BCUT2D eigenvalue weighted by Gasteiger charge is 2.27. The molecule has 1 aliphatic rings. The van der Waals surface area contributed by atoms with Crippen molar-refractivity contribution in [1.29, 1.82) is 0 Å². The molecule has 0 fully saturated rings. The highest BCUT2D eigenvalue weighted by molar-refractivity contribution is 6.04.